The molecule has 2 nitrogen and oxygen atoms in total. The lowest BCUT2D eigenvalue weighted by molar-refractivity contribution is 0.414. The maximum Gasteiger partial charge on any atom is 0.119 e. The molecule has 0 spiro atoms. The third kappa shape index (κ3) is 1.84. The normalized spacial score (nSPS) is 16.1. The number of hydrogen-bond donors (Lipinski definition) is 1. The summed E-state index contributed by atoms with van der Waals surface area (Å²) >= 11 is 0. The molecule has 1 saturated carbocycles. The van der Waals surface area contributed by atoms with Gasteiger partial charge in [0, 0.05) is 11.7 Å². The molecule has 1 aliphatic rings. The van der Waals surface area contributed by atoms with Crippen molar-refractivity contribution in [1.82, 2.24) is 0 Å². The molecule has 0 aromatic heterocycles. The predicted molar refractivity (Wildman–Crippen MR) is 59.0 cm³/mol. The Kier molecular flexibility index (Phi) is 2.62. The van der Waals surface area contributed by atoms with Gasteiger partial charge in [-0.05, 0) is 49.9 Å². The Bertz CT molecular complexity index is 318. The van der Waals surface area contributed by atoms with Crippen LogP contribution in [-0.2, 0) is 0 Å². The zero-order valence-electron chi connectivity index (χ0n) is 8.84. The lowest BCUT2D eigenvalue weighted by Crippen LogP contribution is -2.27. The zero-order chi connectivity index (χ0) is 9.97. The molecule has 1 aliphatic carbocycles. The molecular weight excluding hydrogens is 174 g/mol. The molecule has 0 radical (unpaired) electrons. The van der Waals surface area contributed by atoms with Crippen LogP contribution in [0.3, 0.4) is 0 Å². The van der Waals surface area contributed by atoms with E-state index in [1.54, 1.807) is 7.11 Å². The van der Waals surface area contributed by atoms with Gasteiger partial charge in [-0.25, -0.2) is 0 Å². The van der Waals surface area contributed by atoms with Gasteiger partial charge < -0.3 is 10.1 Å². The minimum atomic E-state index is 0.696. The zero-order valence-corrected chi connectivity index (χ0v) is 8.84. The average molecular weight is 191 g/mol. The summed E-state index contributed by atoms with van der Waals surface area (Å²) in [7, 11) is 1.70. The average Bonchev–Trinajstić information content (AvgIpc) is 2.13. The summed E-state index contributed by atoms with van der Waals surface area (Å²) < 4.78 is 5.17. The third-order valence-corrected chi connectivity index (χ3v) is 2.90. The third-order valence-electron chi connectivity index (χ3n) is 2.90. The lowest BCUT2D eigenvalue weighted by atomic mass is 9.92. The summed E-state index contributed by atoms with van der Waals surface area (Å²) in [4.78, 5) is 0. The summed E-state index contributed by atoms with van der Waals surface area (Å²) in [5.41, 5.74) is 2.51. The van der Waals surface area contributed by atoms with Crippen LogP contribution >= 0.6 is 0 Å². The molecule has 0 amide bonds. The summed E-state index contributed by atoms with van der Waals surface area (Å²) in [5.74, 6) is 0.932. The van der Waals surface area contributed by atoms with Crippen molar-refractivity contribution in [1.29, 1.82) is 0 Å². The first kappa shape index (κ1) is 9.38. The molecule has 0 unspecified atom stereocenters. The van der Waals surface area contributed by atoms with Crippen molar-refractivity contribution in [3.05, 3.63) is 23.8 Å². The molecule has 0 atom stereocenters. The van der Waals surface area contributed by atoms with Gasteiger partial charge in [-0.2, -0.15) is 0 Å². The van der Waals surface area contributed by atoms with Gasteiger partial charge in [0.2, 0.25) is 0 Å². The van der Waals surface area contributed by atoms with Crippen molar-refractivity contribution in [3.8, 4) is 5.75 Å². The second-order valence-corrected chi connectivity index (χ2v) is 3.95. The number of benzene rings is 1. The van der Waals surface area contributed by atoms with Crippen LogP contribution in [-0.4, -0.2) is 13.2 Å². The number of aryl methyl sites for hydroxylation is 1. The van der Waals surface area contributed by atoms with Gasteiger partial charge in [-0.1, -0.05) is 0 Å². The standard InChI is InChI=1S/C12H17NO/c1-9-8-11(14-2)6-7-12(9)13-10-4-3-5-10/h6-8,10,13H,3-5H2,1-2H3. The minimum Gasteiger partial charge on any atom is -0.497 e. The number of nitrogens with one attached hydrogen (secondary N) is 1. The van der Waals surface area contributed by atoms with E-state index in [0.29, 0.717) is 6.04 Å². The fraction of sp³-hybridized carbons (Fsp3) is 0.500. The first-order valence-electron chi connectivity index (χ1n) is 5.21. The minimum absolute atomic E-state index is 0.696. The molecule has 2 rings (SSSR count). The highest BCUT2D eigenvalue weighted by molar-refractivity contribution is 5.54. The smallest absolute Gasteiger partial charge is 0.119 e. The molecule has 14 heavy (non-hydrogen) atoms. The number of rotatable bonds is 3. The molecule has 76 valence electrons. The topological polar surface area (TPSA) is 21.3 Å². The molecule has 1 N–H and O–H groups in total. The number of methoxy groups -OCH3 is 1. The fourth-order valence-electron chi connectivity index (χ4n) is 1.70. The van der Waals surface area contributed by atoms with E-state index in [0.717, 1.165) is 5.75 Å². The van der Waals surface area contributed by atoms with E-state index in [2.05, 4.69) is 24.4 Å². The monoisotopic (exact) mass is 191 g/mol. The van der Waals surface area contributed by atoms with Crippen LogP contribution in [0, 0.1) is 6.92 Å². The highest BCUT2D eigenvalue weighted by atomic mass is 16.5. The van der Waals surface area contributed by atoms with Crippen molar-refractivity contribution < 1.29 is 4.74 Å². The van der Waals surface area contributed by atoms with E-state index in [-0.39, 0.29) is 0 Å². The summed E-state index contributed by atoms with van der Waals surface area (Å²) in [6, 6.07) is 6.88. The predicted octanol–water partition coefficient (Wildman–Crippen LogP) is 2.97. The molecule has 0 heterocycles. The van der Waals surface area contributed by atoms with Gasteiger partial charge in [-0.15, -0.1) is 0 Å². The van der Waals surface area contributed by atoms with Crippen LogP contribution in [0.5, 0.6) is 5.75 Å². The second-order valence-electron chi connectivity index (χ2n) is 3.95. The van der Waals surface area contributed by atoms with E-state index < -0.39 is 0 Å². The van der Waals surface area contributed by atoms with E-state index in [1.165, 1.54) is 30.5 Å². The molecule has 0 saturated heterocycles. The van der Waals surface area contributed by atoms with Gasteiger partial charge >= 0.3 is 0 Å². The molecule has 1 fully saturated rings. The van der Waals surface area contributed by atoms with Crippen LogP contribution in [0.25, 0.3) is 0 Å². The van der Waals surface area contributed by atoms with Gasteiger partial charge in [0.1, 0.15) is 5.75 Å². The molecule has 0 aliphatic heterocycles. The largest absolute Gasteiger partial charge is 0.497 e. The molecule has 0 bridgehead atoms. The van der Waals surface area contributed by atoms with Gasteiger partial charge in [-0.3, -0.25) is 0 Å². The Morgan fingerprint density at radius 3 is 2.64 bits per heavy atom. The Labute approximate surface area is 85.3 Å². The number of hydrogen-bond acceptors (Lipinski definition) is 2. The first-order valence-corrected chi connectivity index (χ1v) is 5.21. The van der Waals surface area contributed by atoms with Crippen LogP contribution in [0.4, 0.5) is 5.69 Å². The summed E-state index contributed by atoms with van der Waals surface area (Å²) in [6.45, 7) is 2.11. The van der Waals surface area contributed by atoms with E-state index in [9.17, 15) is 0 Å². The van der Waals surface area contributed by atoms with Gasteiger partial charge in [0.05, 0.1) is 7.11 Å². The van der Waals surface area contributed by atoms with Crippen molar-refractivity contribution in [3.63, 3.8) is 0 Å². The molecule has 1 aromatic rings. The summed E-state index contributed by atoms with van der Waals surface area (Å²) in [6.07, 6.45) is 3.99. The maximum atomic E-state index is 5.17. The van der Waals surface area contributed by atoms with Crippen LogP contribution < -0.4 is 10.1 Å². The first-order chi connectivity index (χ1) is 6.79. The number of ether oxygens (including phenoxy) is 1. The maximum absolute atomic E-state index is 5.17. The van der Waals surface area contributed by atoms with E-state index in [4.69, 9.17) is 4.74 Å². The van der Waals surface area contributed by atoms with E-state index in [1.807, 2.05) is 6.07 Å². The highest BCUT2D eigenvalue weighted by Gasteiger charge is 2.17. The Morgan fingerprint density at radius 1 is 1.36 bits per heavy atom. The fourth-order valence-corrected chi connectivity index (χ4v) is 1.70. The van der Waals surface area contributed by atoms with Gasteiger partial charge in [0.25, 0.3) is 0 Å². The second kappa shape index (κ2) is 3.91. The van der Waals surface area contributed by atoms with Crippen LogP contribution in [0.15, 0.2) is 18.2 Å². The quantitative estimate of drug-likeness (QED) is 0.793. The van der Waals surface area contributed by atoms with Crippen molar-refractivity contribution in [2.45, 2.75) is 32.2 Å². The van der Waals surface area contributed by atoms with Crippen LogP contribution in [0.2, 0.25) is 0 Å². The van der Waals surface area contributed by atoms with Crippen molar-refractivity contribution in [2.24, 2.45) is 0 Å². The van der Waals surface area contributed by atoms with Crippen molar-refractivity contribution in [2.75, 3.05) is 12.4 Å². The van der Waals surface area contributed by atoms with E-state index >= 15 is 0 Å². The Morgan fingerprint density at radius 2 is 2.14 bits per heavy atom. The molecular formula is C12H17NO. The molecule has 2 heteroatoms. The van der Waals surface area contributed by atoms with Crippen LogP contribution in [0.1, 0.15) is 24.8 Å². The Balaban J connectivity index is 2.09. The summed E-state index contributed by atoms with van der Waals surface area (Å²) in [5, 5.41) is 3.54. The molecule has 1 aromatic carbocycles. The Hall–Kier alpha value is -1.18. The highest BCUT2D eigenvalue weighted by Crippen LogP contribution is 2.27. The van der Waals surface area contributed by atoms with Crippen molar-refractivity contribution >= 4 is 5.69 Å². The van der Waals surface area contributed by atoms with Gasteiger partial charge in [0.15, 0.2) is 0 Å². The lowest BCUT2D eigenvalue weighted by Gasteiger charge is -2.28. The SMILES string of the molecule is COc1ccc(NC2CCC2)c(C)c1. The number of anilines is 1.